The Morgan fingerprint density at radius 2 is 2.42 bits per heavy atom. The van der Waals surface area contributed by atoms with Gasteiger partial charge < -0.3 is 9.15 Å². The van der Waals surface area contributed by atoms with Crippen LogP contribution in [0.3, 0.4) is 0 Å². The molecular weight excluding hydrogens is 244 g/mol. The van der Waals surface area contributed by atoms with E-state index in [2.05, 4.69) is 12.3 Å². The molecule has 5 nitrogen and oxygen atoms in total. The quantitative estimate of drug-likeness (QED) is 0.487. The van der Waals surface area contributed by atoms with Gasteiger partial charge in [0.05, 0.1) is 11.7 Å². The predicted molar refractivity (Wildman–Crippen MR) is 71.2 cm³/mol. The van der Waals surface area contributed by atoms with Gasteiger partial charge in [-0.1, -0.05) is 26.2 Å². The lowest BCUT2D eigenvalue weighted by Gasteiger charge is -2.28. The third kappa shape index (κ3) is 3.81. The maximum atomic E-state index is 11.3. The molecule has 0 radical (unpaired) electrons. The molecule has 1 saturated carbocycles. The Bertz CT molecular complexity index is 417. The largest absolute Gasteiger partial charge is 0.466 e. The summed E-state index contributed by atoms with van der Waals surface area (Å²) in [6.07, 6.45) is 7.74. The first kappa shape index (κ1) is 14.1. The van der Waals surface area contributed by atoms with Gasteiger partial charge >= 0.3 is 0 Å². The molecule has 1 aliphatic carbocycles. The SMILES string of the molecule is CCC1CCCC(OCc2cc(C(=O)NN)co2)C1. The lowest BCUT2D eigenvalue weighted by Crippen LogP contribution is -2.29. The van der Waals surface area contributed by atoms with Crippen molar-refractivity contribution in [1.29, 1.82) is 0 Å². The Balaban J connectivity index is 1.81. The van der Waals surface area contributed by atoms with Gasteiger partial charge in [0, 0.05) is 0 Å². The van der Waals surface area contributed by atoms with Crippen molar-refractivity contribution in [2.24, 2.45) is 11.8 Å². The number of hydrogen-bond acceptors (Lipinski definition) is 4. The van der Waals surface area contributed by atoms with E-state index < -0.39 is 0 Å². The highest BCUT2D eigenvalue weighted by Crippen LogP contribution is 2.29. The van der Waals surface area contributed by atoms with E-state index in [4.69, 9.17) is 15.0 Å². The number of carbonyl (C=O) groups is 1. The van der Waals surface area contributed by atoms with E-state index in [9.17, 15) is 4.79 Å². The van der Waals surface area contributed by atoms with E-state index in [0.717, 1.165) is 18.8 Å². The highest BCUT2D eigenvalue weighted by atomic mass is 16.5. The summed E-state index contributed by atoms with van der Waals surface area (Å²) in [5.74, 6) is 6.16. The maximum absolute atomic E-state index is 11.3. The first-order valence-corrected chi connectivity index (χ1v) is 6.92. The molecule has 0 spiro atoms. The van der Waals surface area contributed by atoms with E-state index in [-0.39, 0.29) is 5.91 Å². The molecule has 2 unspecified atom stereocenters. The second kappa shape index (κ2) is 6.73. The van der Waals surface area contributed by atoms with Crippen molar-refractivity contribution in [2.45, 2.75) is 51.7 Å². The Kier molecular flexibility index (Phi) is 4.99. The molecule has 0 saturated heterocycles. The zero-order valence-corrected chi connectivity index (χ0v) is 11.4. The zero-order chi connectivity index (χ0) is 13.7. The molecule has 19 heavy (non-hydrogen) atoms. The number of hydrazine groups is 1. The molecule has 2 rings (SSSR count). The van der Waals surface area contributed by atoms with Crippen molar-refractivity contribution in [1.82, 2.24) is 5.43 Å². The summed E-state index contributed by atoms with van der Waals surface area (Å²) in [5.41, 5.74) is 2.50. The molecule has 0 aromatic carbocycles. The van der Waals surface area contributed by atoms with Crippen LogP contribution in [0.15, 0.2) is 16.7 Å². The van der Waals surface area contributed by atoms with Crippen molar-refractivity contribution < 1.29 is 13.9 Å². The molecule has 1 heterocycles. The van der Waals surface area contributed by atoms with Crippen LogP contribution in [0.5, 0.6) is 0 Å². The van der Waals surface area contributed by atoms with Gasteiger partial charge in [-0.3, -0.25) is 10.2 Å². The smallest absolute Gasteiger partial charge is 0.268 e. The van der Waals surface area contributed by atoms with Crippen LogP contribution in [-0.2, 0) is 11.3 Å². The molecule has 1 aliphatic rings. The number of carbonyl (C=O) groups excluding carboxylic acids is 1. The molecule has 1 fully saturated rings. The van der Waals surface area contributed by atoms with Crippen LogP contribution in [0.2, 0.25) is 0 Å². The highest BCUT2D eigenvalue weighted by molar-refractivity contribution is 5.93. The number of nitrogens with two attached hydrogens (primary N) is 1. The van der Waals surface area contributed by atoms with E-state index >= 15 is 0 Å². The van der Waals surface area contributed by atoms with Gasteiger partial charge in [0.1, 0.15) is 18.6 Å². The molecule has 5 heteroatoms. The first-order valence-electron chi connectivity index (χ1n) is 6.92. The molecule has 3 N–H and O–H groups in total. The van der Waals surface area contributed by atoms with Crippen LogP contribution in [-0.4, -0.2) is 12.0 Å². The Hall–Kier alpha value is -1.33. The van der Waals surface area contributed by atoms with Crippen molar-refractivity contribution >= 4 is 5.91 Å². The van der Waals surface area contributed by atoms with Gasteiger partial charge in [-0.05, 0) is 24.8 Å². The third-order valence-corrected chi connectivity index (χ3v) is 3.82. The van der Waals surface area contributed by atoms with Crippen LogP contribution in [0.25, 0.3) is 0 Å². The summed E-state index contributed by atoms with van der Waals surface area (Å²) in [6.45, 7) is 2.65. The summed E-state index contributed by atoms with van der Waals surface area (Å²) in [4.78, 5) is 11.3. The number of nitrogens with one attached hydrogen (secondary N) is 1. The topological polar surface area (TPSA) is 77.5 Å². The van der Waals surface area contributed by atoms with Gasteiger partial charge in [-0.15, -0.1) is 0 Å². The summed E-state index contributed by atoms with van der Waals surface area (Å²) >= 11 is 0. The fourth-order valence-electron chi connectivity index (χ4n) is 2.62. The van der Waals surface area contributed by atoms with E-state index in [1.54, 1.807) is 6.07 Å². The zero-order valence-electron chi connectivity index (χ0n) is 11.4. The van der Waals surface area contributed by atoms with E-state index in [1.165, 1.54) is 25.5 Å². The van der Waals surface area contributed by atoms with Gasteiger partial charge in [0.15, 0.2) is 0 Å². The van der Waals surface area contributed by atoms with Crippen molar-refractivity contribution in [3.8, 4) is 0 Å². The molecule has 1 aromatic rings. The van der Waals surface area contributed by atoms with Crippen LogP contribution in [0.1, 0.15) is 55.1 Å². The maximum Gasteiger partial charge on any atom is 0.268 e. The van der Waals surface area contributed by atoms with Crippen LogP contribution in [0, 0.1) is 5.92 Å². The number of nitrogen functional groups attached to an aromatic ring is 1. The summed E-state index contributed by atoms with van der Waals surface area (Å²) in [7, 11) is 0. The van der Waals surface area contributed by atoms with Gasteiger partial charge in [0.25, 0.3) is 5.91 Å². The van der Waals surface area contributed by atoms with Crippen molar-refractivity contribution in [3.05, 3.63) is 23.7 Å². The second-order valence-corrected chi connectivity index (χ2v) is 5.15. The van der Waals surface area contributed by atoms with Crippen LogP contribution in [0.4, 0.5) is 0 Å². The molecule has 0 bridgehead atoms. The number of ether oxygens (including phenoxy) is 1. The number of furan rings is 1. The minimum absolute atomic E-state index is 0.315. The summed E-state index contributed by atoms with van der Waals surface area (Å²) in [5, 5.41) is 0. The summed E-state index contributed by atoms with van der Waals surface area (Å²) in [6, 6.07) is 1.67. The van der Waals surface area contributed by atoms with Gasteiger partial charge in [-0.25, -0.2) is 5.84 Å². The lowest BCUT2D eigenvalue weighted by atomic mass is 9.85. The Labute approximate surface area is 113 Å². The molecule has 0 aliphatic heterocycles. The Morgan fingerprint density at radius 3 is 3.16 bits per heavy atom. The van der Waals surface area contributed by atoms with E-state index in [0.29, 0.717) is 24.0 Å². The predicted octanol–water partition coefficient (Wildman–Crippen LogP) is 2.37. The van der Waals surface area contributed by atoms with Crippen LogP contribution >= 0.6 is 0 Å². The third-order valence-electron chi connectivity index (χ3n) is 3.82. The molecular formula is C14H22N2O3. The monoisotopic (exact) mass is 266 g/mol. The fourth-order valence-corrected chi connectivity index (χ4v) is 2.62. The average Bonchev–Trinajstić information content (AvgIpc) is 2.93. The lowest BCUT2D eigenvalue weighted by molar-refractivity contribution is -0.00533. The highest BCUT2D eigenvalue weighted by Gasteiger charge is 2.21. The van der Waals surface area contributed by atoms with E-state index in [1.807, 2.05) is 0 Å². The fraction of sp³-hybridized carbons (Fsp3) is 0.643. The second-order valence-electron chi connectivity index (χ2n) is 5.15. The molecule has 106 valence electrons. The van der Waals surface area contributed by atoms with Crippen molar-refractivity contribution in [2.75, 3.05) is 0 Å². The molecule has 1 aromatic heterocycles. The minimum atomic E-state index is -0.348. The van der Waals surface area contributed by atoms with Crippen LogP contribution < -0.4 is 11.3 Å². The Morgan fingerprint density at radius 1 is 1.58 bits per heavy atom. The minimum Gasteiger partial charge on any atom is -0.466 e. The number of rotatable bonds is 5. The number of hydrogen-bond donors (Lipinski definition) is 2. The molecule has 1 amide bonds. The van der Waals surface area contributed by atoms with Gasteiger partial charge in [0.2, 0.25) is 0 Å². The van der Waals surface area contributed by atoms with Gasteiger partial charge in [-0.2, -0.15) is 0 Å². The van der Waals surface area contributed by atoms with Crippen molar-refractivity contribution in [3.63, 3.8) is 0 Å². The summed E-state index contributed by atoms with van der Waals surface area (Å²) < 4.78 is 11.2. The average molecular weight is 266 g/mol. The normalized spacial score (nSPS) is 23.3. The number of amides is 1. The molecule has 2 atom stereocenters. The standard InChI is InChI=1S/C14H22N2O3/c1-2-10-4-3-5-12(6-10)19-9-13-7-11(8-18-13)14(17)16-15/h7-8,10,12H,2-6,9,15H2,1H3,(H,16,17). The first-order chi connectivity index (χ1) is 9.22.